The Kier molecular flexibility index (Phi) is 5.39. The molecule has 2 atom stereocenters. The second-order valence-corrected chi connectivity index (χ2v) is 6.67. The average Bonchev–Trinajstić information content (AvgIpc) is 2.44. The van der Waals surface area contributed by atoms with Crippen LogP contribution in [0.5, 0.6) is 0 Å². The molecule has 6 nitrogen and oxygen atoms in total. The third-order valence-electron chi connectivity index (χ3n) is 3.84. The highest BCUT2D eigenvalue weighted by Crippen LogP contribution is 2.24. The number of amides is 1. The predicted octanol–water partition coefficient (Wildman–Crippen LogP) is 1.90. The first-order valence-electron chi connectivity index (χ1n) is 7.34. The molecule has 2 unspecified atom stereocenters. The van der Waals surface area contributed by atoms with Crippen molar-refractivity contribution >= 4 is 23.6 Å². The summed E-state index contributed by atoms with van der Waals surface area (Å²) in [5, 5.41) is 9.72. The number of hydrogen-bond acceptors (Lipinski definition) is 5. The van der Waals surface area contributed by atoms with Gasteiger partial charge in [0.1, 0.15) is 0 Å². The molecule has 120 valence electrons. The van der Waals surface area contributed by atoms with Crippen LogP contribution in [0.25, 0.3) is 0 Å². The summed E-state index contributed by atoms with van der Waals surface area (Å²) in [5.41, 5.74) is 1.75. The van der Waals surface area contributed by atoms with Gasteiger partial charge in [0.05, 0.1) is 11.7 Å². The molecular weight excluding hydrogens is 302 g/mol. The lowest BCUT2D eigenvalue weighted by Crippen LogP contribution is -2.48. The quantitative estimate of drug-likeness (QED) is 0.673. The number of likely N-dealkylation sites (tertiary alicyclic amines) is 1. The van der Waals surface area contributed by atoms with Crippen LogP contribution < -0.4 is 0 Å². The fourth-order valence-corrected chi connectivity index (χ4v) is 3.46. The van der Waals surface area contributed by atoms with Gasteiger partial charge in [0, 0.05) is 24.0 Å². The van der Waals surface area contributed by atoms with Crippen LogP contribution in [0.2, 0.25) is 0 Å². The van der Waals surface area contributed by atoms with E-state index in [4.69, 9.17) is 5.11 Å². The number of carbonyl (C=O) groups excluding carboxylic acids is 1. The fourth-order valence-electron chi connectivity index (χ4n) is 2.62. The van der Waals surface area contributed by atoms with E-state index in [9.17, 15) is 9.59 Å². The van der Waals surface area contributed by atoms with Crippen LogP contribution >= 0.6 is 11.8 Å². The molecule has 1 aromatic rings. The van der Waals surface area contributed by atoms with E-state index in [-0.39, 0.29) is 17.7 Å². The topological polar surface area (TPSA) is 83.4 Å². The van der Waals surface area contributed by atoms with Crippen molar-refractivity contribution < 1.29 is 14.7 Å². The fraction of sp³-hybridized carbons (Fsp3) is 0.600. The first-order chi connectivity index (χ1) is 10.4. The van der Waals surface area contributed by atoms with Crippen LogP contribution in [0.4, 0.5) is 0 Å². The van der Waals surface area contributed by atoms with Crippen molar-refractivity contribution in [2.24, 2.45) is 5.92 Å². The summed E-state index contributed by atoms with van der Waals surface area (Å²) < 4.78 is 0. The average molecular weight is 323 g/mol. The van der Waals surface area contributed by atoms with Crippen LogP contribution in [0.1, 0.15) is 31.2 Å². The molecule has 1 N–H and O–H groups in total. The molecule has 0 radical (unpaired) electrons. The van der Waals surface area contributed by atoms with E-state index in [1.807, 2.05) is 26.8 Å². The Bertz CT molecular complexity index is 559. The molecule has 1 aliphatic heterocycles. The normalized spacial score (nSPS) is 21.7. The molecule has 1 fully saturated rings. The molecule has 7 heteroatoms. The Labute approximate surface area is 134 Å². The third-order valence-corrected chi connectivity index (χ3v) is 4.67. The second kappa shape index (κ2) is 7.09. The number of carboxylic acids is 1. The van der Waals surface area contributed by atoms with Gasteiger partial charge in [-0.3, -0.25) is 9.59 Å². The van der Waals surface area contributed by atoms with E-state index < -0.39 is 11.9 Å². The minimum absolute atomic E-state index is 0.0498. The van der Waals surface area contributed by atoms with Crippen LogP contribution in [0.3, 0.4) is 0 Å². The number of carbonyl (C=O) groups is 2. The third kappa shape index (κ3) is 4.19. The second-order valence-electron chi connectivity index (χ2n) is 5.73. The van der Waals surface area contributed by atoms with E-state index >= 15 is 0 Å². The summed E-state index contributed by atoms with van der Waals surface area (Å²) in [7, 11) is 0. The highest BCUT2D eigenvalue weighted by Gasteiger charge is 2.32. The number of aromatic nitrogens is 2. The van der Waals surface area contributed by atoms with Gasteiger partial charge >= 0.3 is 5.97 Å². The van der Waals surface area contributed by atoms with Gasteiger partial charge < -0.3 is 10.0 Å². The molecule has 0 bridgehead atoms. The molecule has 0 spiro atoms. The molecule has 1 saturated heterocycles. The smallest absolute Gasteiger partial charge is 0.308 e. The number of carboxylic acid groups (broad SMARTS) is 1. The summed E-state index contributed by atoms with van der Waals surface area (Å²) in [4.78, 5) is 33.8. The van der Waals surface area contributed by atoms with Crippen LogP contribution in [-0.4, -0.2) is 50.2 Å². The summed E-state index contributed by atoms with van der Waals surface area (Å²) >= 11 is 1.30. The zero-order valence-corrected chi connectivity index (χ0v) is 13.9. The number of aryl methyl sites for hydroxylation is 2. The van der Waals surface area contributed by atoms with Gasteiger partial charge in [0.2, 0.25) is 5.91 Å². The maximum Gasteiger partial charge on any atom is 0.308 e. The SMILES string of the molecule is Cc1cc(C)nc(SCC(=O)N2CC(C(=O)O)CCC2C)n1. The lowest BCUT2D eigenvalue weighted by atomic mass is 9.93. The zero-order chi connectivity index (χ0) is 16.3. The highest BCUT2D eigenvalue weighted by atomic mass is 32.2. The maximum atomic E-state index is 12.4. The van der Waals surface area contributed by atoms with E-state index in [1.54, 1.807) is 4.90 Å². The molecule has 1 aromatic heterocycles. The first-order valence-corrected chi connectivity index (χ1v) is 8.32. The Morgan fingerprint density at radius 2 is 1.95 bits per heavy atom. The van der Waals surface area contributed by atoms with Crippen molar-refractivity contribution in [1.82, 2.24) is 14.9 Å². The number of hydrogen-bond donors (Lipinski definition) is 1. The summed E-state index contributed by atoms with van der Waals surface area (Å²) in [6.45, 7) is 6.05. The molecular formula is C15H21N3O3S. The molecule has 22 heavy (non-hydrogen) atoms. The van der Waals surface area contributed by atoms with Crippen LogP contribution in [-0.2, 0) is 9.59 Å². The molecule has 0 aromatic carbocycles. The monoisotopic (exact) mass is 323 g/mol. The maximum absolute atomic E-state index is 12.4. The number of aliphatic carboxylic acids is 1. The minimum atomic E-state index is -0.824. The van der Waals surface area contributed by atoms with Gasteiger partial charge in [-0.2, -0.15) is 0 Å². The molecule has 0 aliphatic carbocycles. The molecule has 1 aliphatic rings. The Hall–Kier alpha value is -1.63. The lowest BCUT2D eigenvalue weighted by molar-refractivity contribution is -0.146. The van der Waals surface area contributed by atoms with Gasteiger partial charge in [-0.1, -0.05) is 11.8 Å². The molecule has 2 rings (SSSR count). The Morgan fingerprint density at radius 3 is 2.55 bits per heavy atom. The largest absolute Gasteiger partial charge is 0.481 e. The highest BCUT2D eigenvalue weighted by molar-refractivity contribution is 7.99. The predicted molar refractivity (Wildman–Crippen MR) is 83.8 cm³/mol. The van der Waals surface area contributed by atoms with Crippen molar-refractivity contribution in [2.75, 3.05) is 12.3 Å². The van der Waals surface area contributed by atoms with E-state index in [0.29, 0.717) is 18.1 Å². The zero-order valence-electron chi connectivity index (χ0n) is 13.1. The molecule has 0 saturated carbocycles. The van der Waals surface area contributed by atoms with E-state index in [0.717, 1.165) is 17.8 Å². The van der Waals surface area contributed by atoms with Crippen molar-refractivity contribution in [2.45, 2.75) is 44.8 Å². The Morgan fingerprint density at radius 1 is 1.32 bits per heavy atom. The number of piperidine rings is 1. The van der Waals surface area contributed by atoms with Crippen molar-refractivity contribution in [1.29, 1.82) is 0 Å². The van der Waals surface area contributed by atoms with Gasteiger partial charge in [-0.15, -0.1) is 0 Å². The van der Waals surface area contributed by atoms with E-state index in [2.05, 4.69) is 9.97 Å². The molecule has 1 amide bonds. The van der Waals surface area contributed by atoms with Crippen molar-refractivity contribution in [3.8, 4) is 0 Å². The number of rotatable bonds is 4. The summed E-state index contributed by atoms with van der Waals surface area (Å²) in [6, 6.07) is 1.97. The summed E-state index contributed by atoms with van der Waals surface area (Å²) in [5.74, 6) is -1.09. The summed E-state index contributed by atoms with van der Waals surface area (Å²) in [6.07, 6.45) is 1.36. The van der Waals surface area contributed by atoms with Crippen molar-refractivity contribution in [3.63, 3.8) is 0 Å². The number of thioether (sulfide) groups is 1. The number of nitrogens with zero attached hydrogens (tertiary/aromatic N) is 3. The van der Waals surface area contributed by atoms with Crippen molar-refractivity contribution in [3.05, 3.63) is 17.5 Å². The van der Waals surface area contributed by atoms with Gasteiger partial charge in [-0.05, 0) is 39.7 Å². The standard InChI is InChI=1S/C15H21N3O3S/c1-9-6-10(2)17-15(16-9)22-8-13(19)18-7-12(14(20)21)5-4-11(18)3/h6,11-12H,4-5,7-8H2,1-3H3,(H,20,21). The van der Waals surface area contributed by atoms with Gasteiger partial charge in [-0.25, -0.2) is 9.97 Å². The van der Waals surface area contributed by atoms with E-state index in [1.165, 1.54) is 11.8 Å². The van der Waals surface area contributed by atoms with Gasteiger partial charge in [0.15, 0.2) is 5.16 Å². The minimum Gasteiger partial charge on any atom is -0.481 e. The first kappa shape index (κ1) is 16.7. The van der Waals surface area contributed by atoms with Gasteiger partial charge in [0.25, 0.3) is 0 Å². The lowest BCUT2D eigenvalue weighted by Gasteiger charge is -2.36. The Balaban J connectivity index is 1.97. The van der Waals surface area contributed by atoms with Crippen LogP contribution in [0, 0.1) is 19.8 Å². The van der Waals surface area contributed by atoms with Crippen LogP contribution in [0.15, 0.2) is 11.2 Å². The molecule has 2 heterocycles.